The van der Waals surface area contributed by atoms with Gasteiger partial charge in [-0.2, -0.15) is 0 Å². The van der Waals surface area contributed by atoms with Crippen molar-refractivity contribution in [1.82, 2.24) is 0 Å². The molecule has 0 unspecified atom stereocenters. The van der Waals surface area contributed by atoms with Crippen LogP contribution in [0.2, 0.25) is 0 Å². The second-order valence-electron chi connectivity index (χ2n) is 3.96. The van der Waals surface area contributed by atoms with E-state index in [1.165, 1.54) is 0 Å². The summed E-state index contributed by atoms with van der Waals surface area (Å²) in [5.41, 5.74) is 4.86. The van der Waals surface area contributed by atoms with Crippen molar-refractivity contribution < 1.29 is 23.8 Å². The van der Waals surface area contributed by atoms with Crippen LogP contribution in [0.4, 0.5) is 0 Å². The van der Waals surface area contributed by atoms with Crippen LogP contribution in [0.3, 0.4) is 0 Å². The lowest BCUT2D eigenvalue weighted by molar-refractivity contribution is -0.147. The normalized spacial score (nSPS) is 9.85. The summed E-state index contributed by atoms with van der Waals surface area (Å²) in [6, 6.07) is 7.33. The minimum Gasteiger partial charge on any atom is -0.490 e. The number of rotatable bonds is 9. The average molecular weight is 281 g/mol. The summed E-state index contributed by atoms with van der Waals surface area (Å²) in [6.45, 7) is 2.42. The predicted molar refractivity (Wildman–Crippen MR) is 72.5 cm³/mol. The molecule has 1 aromatic carbocycles. The molecule has 6 nitrogen and oxygen atoms in total. The number of primary amides is 1. The van der Waals surface area contributed by atoms with Crippen LogP contribution in [-0.4, -0.2) is 31.7 Å². The van der Waals surface area contributed by atoms with E-state index in [4.69, 9.17) is 15.2 Å². The van der Waals surface area contributed by atoms with E-state index in [0.717, 1.165) is 0 Å². The summed E-state index contributed by atoms with van der Waals surface area (Å²) in [7, 11) is 0. The highest BCUT2D eigenvalue weighted by molar-refractivity contribution is 5.78. The Labute approximate surface area is 117 Å². The molecule has 0 saturated carbocycles. The number of carbonyl (C=O) groups excluding carboxylic acids is 2. The molecule has 20 heavy (non-hydrogen) atoms. The molecule has 1 aromatic rings. The number of esters is 1. The van der Waals surface area contributed by atoms with E-state index in [2.05, 4.69) is 4.74 Å². The topological polar surface area (TPSA) is 87.8 Å². The van der Waals surface area contributed by atoms with E-state index < -0.39 is 11.9 Å². The number of nitrogens with two attached hydrogens (primary N) is 1. The van der Waals surface area contributed by atoms with Crippen molar-refractivity contribution in [2.24, 2.45) is 5.73 Å². The van der Waals surface area contributed by atoms with Gasteiger partial charge in [0.2, 0.25) is 0 Å². The quantitative estimate of drug-likeness (QED) is 0.544. The van der Waals surface area contributed by atoms with Gasteiger partial charge in [-0.15, -0.1) is 0 Å². The van der Waals surface area contributed by atoms with Crippen LogP contribution in [0, 0.1) is 0 Å². The zero-order chi connectivity index (χ0) is 14.8. The highest BCUT2D eigenvalue weighted by Crippen LogP contribution is 2.26. The van der Waals surface area contributed by atoms with Gasteiger partial charge in [0.25, 0.3) is 5.91 Å². The highest BCUT2D eigenvalue weighted by atomic mass is 16.5. The summed E-state index contributed by atoms with van der Waals surface area (Å²) in [5.74, 6) is 0.178. The fraction of sp³-hybridized carbons (Fsp3) is 0.429. The van der Waals surface area contributed by atoms with Gasteiger partial charge in [0.15, 0.2) is 18.1 Å². The highest BCUT2D eigenvalue weighted by Gasteiger charge is 2.06. The van der Waals surface area contributed by atoms with E-state index in [0.29, 0.717) is 31.1 Å². The second kappa shape index (κ2) is 8.79. The maximum Gasteiger partial charge on any atom is 0.306 e. The zero-order valence-electron chi connectivity index (χ0n) is 11.5. The Balaban J connectivity index is 2.27. The molecule has 0 saturated heterocycles. The first-order valence-corrected chi connectivity index (χ1v) is 6.42. The molecule has 110 valence electrons. The van der Waals surface area contributed by atoms with Gasteiger partial charge in [0.05, 0.1) is 13.2 Å². The maximum absolute atomic E-state index is 11.2. The van der Waals surface area contributed by atoms with E-state index >= 15 is 0 Å². The fourth-order valence-electron chi connectivity index (χ4n) is 1.47. The summed E-state index contributed by atoms with van der Waals surface area (Å²) < 4.78 is 15.6. The Bertz CT molecular complexity index is 447. The van der Waals surface area contributed by atoms with Gasteiger partial charge >= 0.3 is 5.97 Å². The molecule has 0 aliphatic heterocycles. The monoisotopic (exact) mass is 281 g/mol. The Morgan fingerprint density at radius 2 is 1.80 bits per heavy atom. The molecule has 1 amide bonds. The number of benzene rings is 1. The standard InChI is InChI=1S/C14H19NO5/c1-2-18-11-6-3-4-7-12(11)19-9-5-8-14(17)20-10-13(15)16/h3-4,6-7H,2,5,8-10H2,1H3,(H2,15,16). The van der Waals surface area contributed by atoms with Crippen LogP contribution >= 0.6 is 0 Å². The summed E-state index contributed by atoms with van der Waals surface area (Å²) in [4.78, 5) is 21.6. The largest absolute Gasteiger partial charge is 0.490 e. The average Bonchev–Trinajstić information content (AvgIpc) is 2.43. The smallest absolute Gasteiger partial charge is 0.306 e. The number of carbonyl (C=O) groups is 2. The molecule has 1 rings (SSSR count). The first-order valence-electron chi connectivity index (χ1n) is 6.42. The Kier molecular flexibility index (Phi) is 6.95. The van der Waals surface area contributed by atoms with Crippen LogP contribution in [0.15, 0.2) is 24.3 Å². The molecule has 0 radical (unpaired) electrons. The van der Waals surface area contributed by atoms with Crippen molar-refractivity contribution in [3.05, 3.63) is 24.3 Å². The van der Waals surface area contributed by atoms with Crippen LogP contribution in [-0.2, 0) is 14.3 Å². The van der Waals surface area contributed by atoms with Crippen LogP contribution in [0.25, 0.3) is 0 Å². The van der Waals surface area contributed by atoms with Crippen molar-refractivity contribution in [3.63, 3.8) is 0 Å². The van der Waals surface area contributed by atoms with Gasteiger partial charge in [-0.1, -0.05) is 12.1 Å². The summed E-state index contributed by atoms with van der Waals surface area (Å²) in [6.07, 6.45) is 0.655. The number of para-hydroxylation sites is 2. The molecule has 2 N–H and O–H groups in total. The maximum atomic E-state index is 11.2. The fourth-order valence-corrected chi connectivity index (χ4v) is 1.47. The van der Waals surface area contributed by atoms with Crippen molar-refractivity contribution in [1.29, 1.82) is 0 Å². The summed E-state index contributed by atoms with van der Waals surface area (Å²) in [5, 5.41) is 0. The van der Waals surface area contributed by atoms with E-state index in [-0.39, 0.29) is 13.0 Å². The van der Waals surface area contributed by atoms with Gasteiger partial charge in [0.1, 0.15) is 0 Å². The molecule has 0 fully saturated rings. The third kappa shape index (κ3) is 6.08. The molecular formula is C14H19NO5. The minimum absolute atomic E-state index is 0.171. The van der Waals surface area contributed by atoms with Gasteiger partial charge in [-0.05, 0) is 25.5 Å². The lowest BCUT2D eigenvalue weighted by Crippen LogP contribution is -2.21. The molecule has 0 aliphatic carbocycles. The van der Waals surface area contributed by atoms with Crippen LogP contribution in [0.1, 0.15) is 19.8 Å². The van der Waals surface area contributed by atoms with E-state index in [1.54, 1.807) is 6.07 Å². The third-order valence-electron chi connectivity index (χ3n) is 2.31. The van der Waals surface area contributed by atoms with Crippen LogP contribution in [0.5, 0.6) is 11.5 Å². The Morgan fingerprint density at radius 3 is 2.40 bits per heavy atom. The number of hydrogen-bond acceptors (Lipinski definition) is 5. The molecule has 0 heterocycles. The second-order valence-corrected chi connectivity index (χ2v) is 3.96. The van der Waals surface area contributed by atoms with E-state index in [9.17, 15) is 9.59 Å². The zero-order valence-corrected chi connectivity index (χ0v) is 11.5. The van der Waals surface area contributed by atoms with Gasteiger partial charge in [-0.25, -0.2) is 0 Å². The first kappa shape index (κ1) is 15.8. The Morgan fingerprint density at radius 1 is 1.15 bits per heavy atom. The molecule has 0 bridgehead atoms. The predicted octanol–water partition coefficient (Wildman–Crippen LogP) is 1.27. The van der Waals surface area contributed by atoms with Gasteiger partial charge in [0, 0.05) is 6.42 Å². The lowest BCUT2D eigenvalue weighted by Gasteiger charge is -2.11. The lowest BCUT2D eigenvalue weighted by atomic mass is 10.3. The first-order chi connectivity index (χ1) is 9.63. The SMILES string of the molecule is CCOc1ccccc1OCCCC(=O)OCC(N)=O. The summed E-state index contributed by atoms with van der Waals surface area (Å²) >= 11 is 0. The Hall–Kier alpha value is -2.24. The molecular weight excluding hydrogens is 262 g/mol. The van der Waals surface area contributed by atoms with Crippen molar-refractivity contribution in [2.75, 3.05) is 19.8 Å². The molecule has 6 heteroatoms. The number of amides is 1. The molecule has 0 atom stereocenters. The van der Waals surface area contributed by atoms with Gasteiger partial charge < -0.3 is 19.9 Å². The van der Waals surface area contributed by atoms with Crippen LogP contribution < -0.4 is 15.2 Å². The number of ether oxygens (including phenoxy) is 3. The van der Waals surface area contributed by atoms with E-state index in [1.807, 2.05) is 25.1 Å². The molecule has 0 spiro atoms. The van der Waals surface area contributed by atoms with Crippen molar-refractivity contribution in [3.8, 4) is 11.5 Å². The molecule has 0 aliphatic rings. The van der Waals surface area contributed by atoms with Crippen molar-refractivity contribution in [2.45, 2.75) is 19.8 Å². The molecule has 0 aromatic heterocycles. The third-order valence-corrected chi connectivity index (χ3v) is 2.31. The van der Waals surface area contributed by atoms with Gasteiger partial charge in [-0.3, -0.25) is 9.59 Å². The minimum atomic E-state index is -0.666. The number of hydrogen-bond donors (Lipinski definition) is 1. The van der Waals surface area contributed by atoms with Crippen molar-refractivity contribution >= 4 is 11.9 Å².